The van der Waals surface area contributed by atoms with Crippen molar-refractivity contribution in [2.75, 3.05) is 0 Å². The first-order valence-corrected chi connectivity index (χ1v) is 4.55. The molecule has 11 heavy (non-hydrogen) atoms. The lowest BCUT2D eigenvalue weighted by molar-refractivity contribution is 0.324. The highest BCUT2D eigenvalue weighted by molar-refractivity contribution is 7.48. The van der Waals surface area contributed by atoms with E-state index in [1.54, 1.807) is 24.3 Å². The van der Waals surface area contributed by atoms with Crippen LogP contribution in [0.4, 0.5) is 0 Å². The Kier molecular flexibility index (Phi) is 1.22. The lowest BCUT2D eigenvalue weighted by Gasteiger charge is -1.91. The molecule has 0 saturated heterocycles. The molecule has 0 radical (unpaired) electrons. The Bertz CT molecular complexity index is 306. The molecule has 58 valence electrons. The Morgan fingerprint density at radius 3 is 2.09 bits per heavy atom. The SMILES string of the molecule is O=P1([OH2+])Oc2ccccc2O1. The Labute approximate surface area is 63.0 Å². The molecule has 1 aromatic carbocycles. The van der Waals surface area contributed by atoms with E-state index >= 15 is 0 Å². The third-order valence-electron chi connectivity index (χ3n) is 1.29. The molecule has 4 nitrogen and oxygen atoms in total. The normalized spacial score (nSPS) is 18.3. The quantitative estimate of drug-likeness (QED) is 0.438. The van der Waals surface area contributed by atoms with Crippen molar-refractivity contribution in [1.29, 1.82) is 0 Å². The van der Waals surface area contributed by atoms with Crippen molar-refractivity contribution >= 4 is 7.82 Å². The summed E-state index contributed by atoms with van der Waals surface area (Å²) in [6.07, 6.45) is 0. The van der Waals surface area contributed by atoms with Gasteiger partial charge in [-0.3, -0.25) is 0 Å². The number of para-hydroxylation sites is 2. The maximum Gasteiger partial charge on any atom is 0.752 e. The minimum atomic E-state index is -3.58. The Morgan fingerprint density at radius 2 is 1.64 bits per heavy atom. The Morgan fingerprint density at radius 1 is 1.18 bits per heavy atom. The van der Waals surface area contributed by atoms with Crippen molar-refractivity contribution in [3.8, 4) is 11.5 Å². The van der Waals surface area contributed by atoms with E-state index < -0.39 is 7.82 Å². The first kappa shape index (κ1) is 6.70. The summed E-state index contributed by atoms with van der Waals surface area (Å²) in [5.74, 6) is 0.761. The molecule has 2 N–H and O–H groups in total. The molecule has 0 spiro atoms. The highest BCUT2D eigenvalue weighted by Gasteiger charge is 2.41. The maximum absolute atomic E-state index is 10.9. The van der Waals surface area contributed by atoms with Gasteiger partial charge in [0.25, 0.3) is 0 Å². The Balaban J connectivity index is 2.49. The van der Waals surface area contributed by atoms with E-state index in [0.29, 0.717) is 11.5 Å². The minimum Gasteiger partial charge on any atom is -0.352 e. The summed E-state index contributed by atoms with van der Waals surface area (Å²) >= 11 is 0. The van der Waals surface area contributed by atoms with Gasteiger partial charge in [0, 0.05) is 0 Å². The summed E-state index contributed by atoms with van der Waals surface area (Å²) in [7, 11) is -3.58. The van der Waals surface area contributed by atoms with Crippen LogP contribution in [0.2, 0.25) is 0 Å². The fraction of sp³-hybridized carbons (Fsp3) is 0. The monoisotopic (exact) mass is 173 g/mol. The highest BCUT2D eigenvalue weighted by Crippen LogP contribution is 2.54. The molecule has 0 aromatic heterocycles. The Hall–Kier alpha value is -0.990. The van der Waals surface area contributed by atoms with E-state index in [-0.39, 0.29) is 0 Å². The summed E-state index contributed by atoms with van der Waals surface area (Å²) in [6, 6.07) is 6.69. The van der Waals surface area contributed by atoms with Crippen LogP contribution in [0.15, 0.2) is 24.3 Å². The molecular weight excluding hydrogens is 167 g/mol. The van der Waals surface area contributed by atoms with Gasteiger partial charge in [0.05, 0.1) is 0 Å². The zero-order chi connectivity index (χ0) is 7.90. The first-order valence-electron chi connectivity index (χ1n) is 3.01. The smallest absolute Gasteiger partial charge is 0.352 e. The topological polar surface area (TPSA) is 58.4 Å². The van der Waals surface area contributed by atoms with Crippen molar-refractivity contribution in [2.24, 2.45) is 0 Å². The van der Waals surface area contributed by atoms with Crippen molar-refractivity contribution in [3.05, 3.63) is 24.3 Å². The van der Waals surface area contributed by atoms with Crippen molar-refractivity contribution < 1.29 is 18.5 Å². The zero-order valence-corrected chi connectivity index (χ0v) is 6.38. The average Bonchev–Trinajstić information content (AvgIpc) is 2.21. The average molecular weight is 173 g/mol. The van der Waals surface area contributed by atoms with E-state index in [4.69, 9.17) is 13.9 Å². The lowest BCUT2D eigenvalue weighted by atomic mass is 10.3. The second-order valence-electron chi connectivity index (χ2n) is 2.13. The van der Waals surface area contributed by atoms with Crippen LogP contribution in [0.3, 0.4) is 0 Å². The van der Waals surface area contributed by atoms with E-state index in [1.807, 2.05) is 0 Å². The molecule has 5 heteroatoms. The van der Waals surface area contributed by atoms with Gasteiger partial charge in [-0.1, -0.05) is 12.1 Å². The van der Waals surface area contributed by atoms with Crippen LogP contribution in [0.25, 0.3) is 0 Å². The molecule has 1 aromatic rings. The third-order valence-corrected chi connectivity index (χ3v) is 2.16. The molecule has 1 heterocycles. The van der Waals surface area contributed by atoms with Gasteiger partial charge < -0.3 is 13.9 Å². The number of rotatable bonds is 0. The van der Waals surface area contributed by atoms with Gasteiger partial charge in [-0.25, -0.2) is 0 Å². The predicted octanol–water partition coefficient (Wildman–Crippen LogP) is 1.29. The fourth-order valence-corrected chi connectivity index (χ4v) is 1.74. The number of hydrogen-bond acceptors (Lipinski definition) is 3. The van der Waals surface area contributed by atoms with E-state index in [0.717, 1.165) is 0 Å². The van der Waals surface area contributed by atoms with E-state index in [1.165, 1.54) is 0 Å². The number of hydrogen-bond donors (Lipinski definition) is 0. The summed E-state index contributed by atoms with van der Waals surface area (Å²) in [4.78, 5) is 6.98. The molecular formula is C6H6O4P+. The summed E-state index contributed by atoms with van der Waals surface area (Å²) in [5.41, 5.74) is 0. The zero-order valence-electron chi connectivity index (χ0n) is 5.48. The first-order chi connectivity index (χ1) is 5.17. The van der Waals surface area contributed by atoms with Crippen molar-refractivity contribution in [1.82, 2.24) is 0 Å². The van der Waals surface area contributed by atoms with Crippen LogP contribution in [0, 0.1) is 0 Å². The molecule has 0 saturated carbocycles. The molecule has 0 aliphatic carbocycles. The van der Waals surface area contributed by atoms with Crippen LogP contribution < -0.4 is 9.05 Å². The predicted molar refractivity (Wildman–Crippen MR) is 38.9 cm³/mol. The molecule has 1 aliphatic rings. The van der Waals surface area contributed by atoms with Crippen LogP contribution in [0.1, 0.15) is 0 Å². The third kappa shape index (κ3) is 1.11. The molecule has 0 unspecified atom stereocenters. The summed E-state index contributed by atoms with van der Waals surface area (Å²) in [6.45, 7) is 0. The second-order valence-corrected chi connectivity index (χ2v) is 3.49. The molecule has 0 bridgehead atoms. The van der Waals surface area contributed by atoms with Crippen molar-refractivity contribution in [3.63, 3.8) is 0 Å². The largest absolute Gasteiger partial charge is 0.752 e. The van der Waals surface area contributed by atoms with E-state index in [2.05, 4.69) is 0 Å². The van der Waals surface area contributed by atoms with Gasteiger partial charge in [0.15, 0.2) is 11.5 Å². The minimum absolute atomic E-state index is 0.380. The number of fused-ring (bicyclic) bond motifs is 1. The maximum atomic E-state index is 10.9. The second kappa shape index (κ2) is 2.00. The van der Waals surface area contributed by atoms with Gasteiger partial charge in [-0.2, -0.15) is 4.57 Å². The number of benzene rings is 1. The standard InChI is InChI=1S/C6H5O4P/c7-11(8)9-5-3-1-2-4-6(5)10-11/h1-4H,(H,7,8)/p+1. The molecule has 1 aliphatic heterocycles. The van der Waals surface area contributed by atoms with Gasteiger partial charge in [-0.15, -0.1) is 0 Å². The van der Waals surface area contributed by atoms with Crippen molar-refractivity contribution in [2.45, 2.75) is 0 Å². The van der Waals surface area contributed by atoms with Gasteiger partial charge in [0.1, 0.15) is 0 Å². The van der Waals surface area contributed by atoms with Crippen LogP contribution in [0.5, 0.6) is 11.5 Å². The van der Waals surface area contributed by atoms with Gasteiger partial charge in [0.2, 0.25) is 0 Å². The van der Waals surface area contributed by atoms with E-state index in [9.17, 15) is 4.57 Å². The molecule has 0 amide bonds. The molecule has 0 atom stereocenters. The lowest BCUT2D eigenvalue weighted by Crippen LogP contribution is -1.87. The summed E-state index contributed by atoms with van der Waals surface area (Å²) in [5, 5.41) is 0. The highest BCUT2D eigenvalue weighted by atomic mass is 31.2. The van der Waals surface area contributed by atoms with Crippen LogP contribution >= 0.6 is 7.82 Å². The fourth-order valence-electron chi connectivity index (χ4n) is 0.879. The molecule has 0 fully saturated rings. The van der Waals surface area contributed by atoms with Gasteiger partial charge in [-0.05, 0) is 12.1 Å². The summed E-state index contributed by atoms with van der Waals surface area (Å²) < 4.78 is 20.3. The molecule has 2 rings (SSSR count). The van der Waals surface area contributed by atoms with Crippen LogP contribution in [-0.4, -0.2) is 4.89 Å². The van der Waals surface area contributed by atoms with Crippen LogP contribution in [-0.2, 0) is 4.57 Å². The van der Waals surface area contributed by atoms with Gasteiger partial charge >= 0.3 is 7.82 Å².